The zero-order chi connectivity index (χ0) is 15.0. The van der Waals surface area contributed by atoms with E-state index in [4.69, 9.17) is 5.73 Å². The number of rotatable bonds is 6. The minimum absolute atomic E-state index is 0.241. The highest BCUT2D eigenvalue weighted by Gasteiger charge is 2.24. The van der Waals surface area contributed by atoms with Gasteiger partial charge in [-0.05, 0) is 38.3 Å². The molecule has 1 heterocycles. The summed E-state index contributed by atoms with van der Waals surface area (Å²) in [7, 11) is 0. The van der Waals surface area contributed by atoms with Gasteiger partial charge in [-0.15, -0.1) is 0 Å². The van der Waals surface area contributed by atoms with Gasteiger partial charge in [0.2, 0.25) is 5.91 Å². The summed E-state index contributed by atoms with van der Waals surface area (Å²) in [5.41, 5.74) is 5.61. The molecule has 1 aliphatic heterocycles. The fourth-order valence-corrected chi connectivity index (χ4v) is 2.48. The number of nitrogens with two attached hydrogens (primary N) is 1. The number of nitrogens with one attached hydrogen (secondary N) is 2. The molecule has 0 aromatic heterocycles. The van der Waals surface area contributed by atoms with Gasteiger partial charge in [-0.3, -0.25) is 15.0 Å². The summed E-state index contributed by atoms with van der Waals surface area (Å²) in [6.45, 7) is 6.41. The van der Waals surface area contributed by atoms with Crippen molar-refractivity contribution in [1.82, 2.24) is 15.5 Å². The lowest BCUT2D eigenvalue weighted by Gasteiger charge is -2.34. The number of carbonyl (C=O) groups is 2. The van der Waals surface area contributed by atoms with Gasteiger partial charge >= 0.3 is 6.03 Å². The maximum atomic E-state index is 11.9. The van der Waals surface area contributed by atoms with Crippen LogP contribution < -0.4 is 16.4 Å². The smallest absolute Gasteiger partial charge is 0.321 e. The second kappa shape index (κ2) is 8.92. The van der Waals surface area contributed by atoms with Crippen LogP contribution in [0.2, 0.25) is 0 Å². The normalized spacial score (nSPS) is 19.9. The summed E-state index contributed by atoms with van der Waals surface area (Å²) < 4.78 is 0. The second-order valence-electron chi connectivity index (χ2n) is 5.85. The minimum atomic E-state index is -0.406. The third-order valence-electron chi connectivity index (χ3n) is 3.52. The van der Waals surface area contributed by atoms with Crippen molar-refractivity contribution < 1.29 is 9.59 Å². The molecule has 0 radical (unpaired) electrons. The summed E-state index contributed by atoms with van der Waals surface area (Å²) in [4.78, 5) is 25.5. The standard InChI is InChI=1S/C14H28N4O2/c1-11(2)9-16-14(20)17-13(19)10-18-8-4-3-5-12(18)6-7-15/h11-12H,3-10,15H2,1-2H3,(H2,16,17,19,20). The van der Waals surface area contributed by atoms with Crippen LogP contribution in [0, 0.1) is 5.92 Å². The first-order valence-corrected chi connectivity index (χ1v) is 7.54. The van der Waals surface area contributed by atoms with Crippen molar-refractivity contribution in [2.45, 2.75) is 45.6 Å². The summed E-state index contributed by atoms with van der Waals surface area (Å²) in [6, 6.07) is -0.0330. The minimum Gasteiger partial charge on any atom is -0.338 e. The van der Waals surface area contributed by atoms with Crippen molar-refractivity contribution in [2.24, 2.45) is 11.7 Å². The third-order valence-corrected chi connectivity index (χ3v) is 3.52. The lowest BCUT2D eigenvalue weighted by molar-refractivity contribution is -0.122. The predicted molar refractivity (Wildman–Crippen MR) is 79.3 cm³/mol. The zero-order valence-corrected chi connectivity index (χ0v) is 12.7. The molecule has 0 bridgehead atoms. The Morgan fingerprint density at radius 2 is 2.10 bits per heavy atom. The topological polar surface area (TPSA) is 87.5 Å². The van der Waals surface area contributed by atoms with Gasteiger partial charge in [0.05, 0.1) is 6.54 Å². The van der Waals surface area contributed by atoms with E-state index in [1.165, 1.54) is 6.42 Å². The molecule has 20 heavy (non-hydrogen) atoms. The molecule has 3 amide bonds. The molecule has 6 heteroatoms. The van der Waals surface area contributed by atoms with Crippen molar-refractivity contribution in [2.75, 3.05) is 26.2 Å². The van der Waals surface area contributed by atoms with Crippen LogP contribution in [0.5, 0.6) is 0 Å². The van der Waals surface area contributed by atoms with E-state index in [9.17, 15) is 9.59 Å². The van der Waals surface area contributed by atoms with Crippen LogP contribution in [0.3, 0.4) is 0 Å². The van der Waals surface area contributed by atoms with E-state index in [0.717, 1.165) is 25.8 Å². The largest absolute Gasteiger partial charge is 0.338 e. The number of likely N-dealkylation sites (tertiary alicyclic amines) is 1. The highest BCUT2D eigenvalue weighted by Crippen LogP contribution is 2.18. The highest BCUT2D eigenvalue weighted by molar-refractivity contribution is 5.95. The van der Waals surface area contributed by atoms with E-state index in [1.54, 1.807) is 0 Å². The molecular weight excluding hydrogens is 256 g/mol. The lowest BCUT2D eigenvalue weighted by atomic mass is 9.99. The average molecular weight is 284 g/mol. The van der Waals surface area contributed by atoms with Crippen molar-refractivity contribution >= 4 is 11.9 Å². The van der Waals surface area contributed by atoms with Gasteiger partial charge in [-0.25, -0.2) is 4.79 Å². The molecular formula is C14H28N4O2. The van der Waals surface area contributed by atoms with Gasteiger partial charge in [0.25, 0.3) is 0 Å². The van der Waals surface area contributed by atoms with E-state index in [2.05, 4.69) is 15.5 Å². The Kier molecular flexibility index (Phi) is 7.54. The van der Waals surface area contributed by atoms with Gasteiger partial charge in [-0.2, -0.15) is 0 Å². The fourth-order valence-electron chi connectivity index (χ4n) is 2.48. The number of carbonyl (C=O) groups excluding carboxylic acids is 2. The first-order valence-electron chi connectivity index (χ1n) is 7.54. The molecule has 0 spiro atoms. The van der Waals surface area contributed by atoms with Crippen LogP contribution in [-0.4, -0.2) is 49.1 Å². The van der Waals surface area contributed by atoms with Gasteiger partial charge in [0.15, 0.2) is 0 Å². The molecule has 1 saturated heterocycles. The van der Waals surface area contributed by atoms with E-state index in [-0.39, 0.29) is 12.5 Å². The highest BCUT2D eigenvalue weighted by atomic mass is 16.2. The lowest BCUT2D eigenvalue weighted by Crippen LogP contribution is -2.49. The molecule has 4 N–H and O–H groups in total. The van der Waals surface area contributed by atoms with Crippen molar-refractivity contribution in [1.29, 1.82) is 0 Å². The Labute approximate surface area is 121 Å². The summed E-state index contributed by atoms with van der Waals surface area (Å²) in [5, 5.41) is 5.06. The Bertz CT molecular complexity index is 318. The molecule has 1 unspecified atom stereocenters. The molecule has 1 fully saturated rings. The Balaban J connectivity index is 2.34. The first-order chi connectivity index (χ1) is 9.52. The van der Waals surface area contributed by atoms with E-state index >= 15 is 0 Å². The van der Waals surface area contributed by atoms with E-state index in [1.807, 2.05) is 13.8 Å². The number of imide groups is 1. The first kappa shape index (κ1) is 16.9. The molecule has 0 aromatic carbocycles. The van der Waals surface area contributed by atoms with Crippen LogP contribution in [0.4, 0.5) is 4.79 Å². The molecule has 6 nitrogen and oxygen atoms in total. The average Bonchev–Trinajstić information content (AvgIpc) is 2.39. The SMILES string of the molecule is CC(C)CNC(=O)NC(=O)CN1CCCCC1CCN. The van der Waals surface area contributed by atoms with Gasteiger partial charge in [0, 0.05) is 12.6 Å². The molecule has 1 rings (SSSR count). The molecule has 1 atom stereocenters. The third kappa shape index (κ3) is 6.34. The Hall–Kier alpha value is -1.14. The predicted octanol–water partition coefficient (Wildman–Crippen LogP) is 0.672. The number of nitrogens with zero attached hydrogens (tertiary/aromatic N) is 1. The van der Waals surface area contributed by atoms with Crippen LogP contribution in [0.15, 0.2) is 0 Å². The van der Waals surface area contributed by atoms with E-state index in [0.29, 0.717) is 25.0 Å². The van der Waals surface area contributed by atoms with Crippen LogP contribution in [-0.2, 0) is 4.79 Å². The number of hydrogen-bond acceptors (Lipinski definition) is 4. The number of hydrogen-bond donors (Lipinski definition) is 3. The van der Waals surface area contributed by atoms with Crippen molar-refractivity contribution in [3.8, 4) is 0 Å². The molecule has 1 aliphatic rings. The molecule has 0 aliphatic carbocycles. The van der Waals surface area contributed by atoms with Crippen LogP contribution in [0.1, 0.15) is 39.5 Å². The van der Waals surface area contributed by atoms with Gasteiger partial charge < -0.3 is 11.1 Å². The van der Waals surface area contributed by atoms with E-state index < -0.39 is 6.03 Å². The number of piperidine rings is 1. The molecule has 0 saturated carbocycles. The van der Waals surface area contributed by atoms with Crippen molar-refractivity contribution in [3.05, 3.63) is 0 Å². The number of urea groups is 1. The summed E-state index contributed by atoms with van der Waals surface area (Å²) >= 11 is 0. The monoisotopic (exact) mass is 284 g/mol. The maximum absolute atomic E-state index is 11.9. The Morgan fingerprint density at radius 3 is 2.75 bits per heavy atom. The second-order valence-corrected chi connectivity index (χ2v) is 5.85. The van der Waals surface area contributed by atoms with Crippen LogP contribution in [0.25, 0.3) is 0 Å². The Morgan fingerprint density at radius 1 is 1.35 bits per heavy atom. The maximum Gasteiger partial charge on any atom is 0.321 e. The van der Waals surface area contributed by atoms with Gasteiger partial charge in [0.1, 0.15) is 0 Å². The molecule has 116 valence electrons. The fraction of sp³-hybridized carbons (Fsp3) is 0.857. The molecule has 0 aromatic rings. The van der Waals surface area contributed by atoms with Crippen LogP contribution >= 0.6 is 0 Å². The quantitative estimate of drug-likeness (QED) is 0.669. The number of amides is 3. The van der Waals surface area contributed by atoms with Gasteiger partial charge in [-0.1, -0.05) is 20.3 Å². The van der Waals surface area contributed by atoms with Crippen molar-refractivity contribution in [3.63, 3.8) is 0 Å². The summed E-state index contributed by atoms with van der Waals surface area (Å²) in [6.07, 6.45) is 4.29. The zero-order valence-electron chi connectivity index (χ0n) is 12.7. The summed E-state index contributed by atoms with van der Waals surface area (Å²) in [5.74, 6) is 0.127.